The molecule has 0 aromatic heterocycles. The van der Waals surface area contributed by atoms with Gasteiger partial charge in [-0.2, -0.15) is 0 Å². The predicted molar refractivity (Wildman–Crippen MR) is 86.2 cm³/mol. The molecule has 4 heteroatoms. The van der Waals surface area contributed by atoms with Crippen molar-refractivity contribution in [2.75, 3.05) is 5.32 Å². The monoisotopic (exact) mass is 304 g/mol. The summed E-state index contributed by atoms with van der Waals surface area (Å²) in [6.45, 7) is 7.84. The van der Waals surface area contributed by atoms with Crippen molar-refractivity contribution in [3.05, 3.63) is 29.8 Å². The molecule has 2 atom stereocenters. The van der Waals surface area contributed by atoms with Gasteiger partial charge in [-0.3, -0.25) is 4.79 Å². The smallest absolute Gasteiger partial charge is 0.224 e. The Balaban J connectivity index is 2.61. The summed E-state index contributed by atoms with van der Waals surface area (Å²) in [4.78, 5) is 23.4. The molecule has 1 rings (SSSR count). The fourth-order valence-electron chi connectivity index (χ4n) is 2.50. The first-order valence-corrected chi connectivity index (χ1v) is 7.87. The Bertz CT molecular complexity index is 511. The molecule has 0 aliphatic rings. The van der Waals surface area contributed by atoms with Crippen LogP contribution >= 0.6 is 0 Å². The largest absolute Gasteiger partial charge is 0.550 e. The van der Waals surface area contributed by atoms with Gasteiger partial charge in [0, 0.05) is 24.0 Å². The molecule has 0 bridgehead atoms. The van der Waals surface area contributed by atoms with Gasteiger partial charge in [0.1, 0.15) is 0 Å². The van der Waals surface area contributed by atoms with E-state index < -0.39 is 11.9 Å². The van der Waals surface area contributed by atoms with Crippen LogP contribution in [0.1, 0.15) is 45.6 Å². The molecular formula is C18H26NO3-. The quantitative estimate of drug-likeness (QED) is 0.803. The third kappa shape index (κ3) is 5.88. The van der Waals surface area contributed by atoms with Gasteiger partial charge in [0.05, 0.1) is 0 Å². The van der Waals surface area contributed by atoms with Crippen LogP contribution in [0.3, 0.4) is 0 Å². The number of para-hydroxylation sites is 1. The van der Waals surface area contributed by atoms with Gasteiger partial charge < -0.3 is 15.2 Å². The van der Waals surface area contributed by atoms with Gasteiger partial charge in [-0.25, -0.2) is 0 Å². The summed E-state index contributed by atoms with van der Waals surface area (Å²) in [7, 11) is 0. The minimum atomic E-state index is -1.06. The van der Waals surface area contributed by atoms with Crippen molar-refractivity contribution in [3.8, 4) is 0 Å². The number of carboxylic acids is 1. The fraction of sp³-hybridized carbons (Fsp3) is 0.556. The van der Waals surface area contributed by atoms with Crippen molar-refractivity contribution >= 4 is 17.6 Å². The van der Waals surface area contributed by atoms with E-state index in [0.717, 1.165) is 17.7 Å². The number of anilines is 1. The van der Waals surface area contributed by atoms with Crippen LogP contribution in [0.25, 0.3) is 0 Å². The molecule has 0 fully saturated rings. The zero-order valence-corrected chi connectivity index (χ0v) is 13.9. The van der Waals surface area contributed by atoms with E-state index in [4.69, 9.17) is 0 Å². The zero-order chi connectivity index (χ0) is 16.7. The zero-order valence-electron chi connectivity index (χ0n) is 13.9. The van der Waals surface area contributed by atoms with Crippen LogP contribution in [-0.2, 0) is 9.59 Å². The first-order valence-electron chi connectivity index (χ1n) is 7.87. The van der Waals surface area contributed by atoms with E-state index in [1.165, 1.54) is 0 Å². The molecule has 0 saturated carbocycles. The fourth-order valence-corrected chi connectivity index (χ4v) is 2.50. The van der Waals surface area contributed by atoms with Crippen molar-refractivity contribution in [1.82, 2.24) is 0 Å². The first kappa shape index (κ1) is 18.2. The van der Waals surface area contributed by atoms with Crippen molar-refractivity contribution < 1.29 is 14.7 Å². The van der Waals surface area contributed by atoms with Crippen LogP contribution in [0.2, 0.25) is 0 Å². The molecule has 4 nitrogen and oxygen atoms in total. The highest BCUT2D eigenvalue weighted by atomic mass is 16.4. The van der Waals surface area contributed by atoms with Gasteiger partial charge in [0.2, 0.25) is 5.91 Å². The average molecular weight is 304 g/mol. The Morgan fingerprint density at radius 2 is 1.77 bits per heavy atom. The summed E-state index contributed by atoms with van der Waals surface area (Å²) >= 11 is 0. The third-order valence-electron chi connectivity index (χ3n) is 3.97. The lowest BCUT2D eigenvalue weighted by atomic mass is 9.85. The van der Waals surface area contributed by atoms with E-state index in [9.17, 15) is 14.7 Å². The van der Waals surface area contributed by atoms with Crippen molar-refractivity contribution in [2.45, 2.75) is 47.0 Å². The maximum Gasteiger partial charge on any atom is 0.224 e. The summed E-state index contributed by atoms with van der Waals surface area (Å²) in [6.07, 6.45) is 1.56. The number of hydrogen-bond acceptors (Lipinski definition) is 3. The molecule has 0 unspecified atom stereocenters. The van der Waals surface area contributed by atoms with Crippen LogP contribution < -0.4 is 10.4 Å². The molecule has 1 aromatic carbocycles. The highest BCUT2D eigenvalue weighted by Crippen LogP contribution is 2.23. The van der Waals surface area contributed by atoms with Crippen LogP contribution in [-0.4, -0.2) is 11.9 Å². The Hall–Kier alpha value is -1.84. The molecule has 0 aliphatic carbocycles. The maximum atomic E-state index is 12.1. The number of aliphatic carboxylic acids is 1. The van der Waals surface area contributed by atoms with Gasteiger partial charge >= 0.3 is 0 Å². The second-order valence-electron chi connectivity index (χ2n) is 6.44. The molecule has 0 radical (unpaired) electrons. The van der Waals surface area contributed by atoms with Gasteiger partial charge in [-0.1, -0.05) is 45.4 Å². The van der Waals surface area contributed by atoms with Crippen molar-refractivity contribution in [2.24, 2.45) is 17.8 Å². The van der Waals surface area contributed by atoms with Gasteiger partial charge in [0.15, 0.2) is 0 Å². The summed E-state index contributed by atoms with van der Waals surface area (Å²) in [5, 5.41) is 14.2. The number of aryl methyl sites for hydroxylation is 1. The summed E-state index contributed by atoms with van der Waals surface area (Å²) in [5.74, 6) is -1.60. The Labute approximate surface area is 132 Å². The molecule has 0 aliphatic heterocycles. The lowest BCUT2D eigenvalue weighted by Crippen LogP contribution is -2.36. The molecule has 22 heavy (non-hydrogen) atoms. The van der Waals surface area contributed by atoms with Crippen LogP contribution in [0.4, 0.5) is 5.69 Å². The maximum absolute atomic E-state index is 12.1. The van der Waals surface area contributed by atoms with Crippen LogP contribution in [0.15, 0.2) is 24.3 Å². The first-order chi connectivity index (χ1) is 10.3. The second kappa shape index (κ2) is 8.57. The minimum absolute atomic E-state index is 0.155. The molecule has 0 spiro atoms. The standard InChI is InChI=1S/C18H27NO3/c1-12(2)9-10-15(18(21)22)14(4)11-17(20)19-16-8-6-5-7-13(16)3/h5-8,12,14-15H,9-11H2,1-4H3,(H,19,20)(H,21,22)/p-1/t14-,15-/m1/s1. The van der Waals surface area contributed by atoms with E-state index in [0.29, 0.717) is 12.3 Å². The highest BCUT2D eigenvalue weighted by Gasteiger charge is 2.21. The van der Waals surface area contributed by atoms with Crippen LogP contribution in [0, 0.1) is 24.7 Å². The number of hydrogen-bond donors (Lipinski definition) is 1. The third-order valence-corrected chi connectivity index (χ3v) is 3.97. The second-order valence-corrected chi connectivity index (χ2v) is 6.44. The lowest BCUT2D eigenvalue weighted by molar-refractivity contribution is -0.313. The van der Waals surface area contributed by atoms with Gasteiger partial charge in [-0.15, -0.1) is 0 Å². The molecule has 0 saturated heterocycles. The van der Waals surface area contributed by atoms with Crippen LogP contribution in [0.5, 0.6) is 0 Å². The summed E-state index contributed by atoms with van der Waals surface area (Å²) in [6, 6.07) is 7.53. The lowest BCUT2D eigenvalue weighted by Gasteiger charge is -2.25. The topological polar surface area (TPSA) is 69.2 Å². The Morgan fingerprint density at radius 1 is 1.14 bits per heavy atom. The molecule has 1 N–H and O–H groups in total. The summed E-state index contributed by atoms with van der Waals surface area (Å²) < 4.78 is 0. The molecule has 1 aromatic rings. The van der Waals surface area contributed by atoms with Gasteiger partial charge in [0.25, 0.3) is 0 Å². The Kier molecular flexibility index (Phi) is 7.09. The van der Waals surface area contributed by atoms with E-state index in [1.807, 2.05) is 31.2 Å². The predicted octanol–water partition coefficient (Wildman–Crippen LogP) is 2.76. The number of carbonyl (C=O) groups is 2. The minimum Gasteiger partial charge on any atom is -0.550 e. The number of rotatable bonds is 8. The summed E-state index contributed by atoms with van der Waals surface area (Å²) in [5.41, 5.74) is 1.76. The molecule has 0 heterocycles. The van der Waals surface area contributed by atoms with E-state index in [2.05, 4.69) is 19.2 Å². The van der Waals surface area contributed by atoms with Gasteiger partial charge in [-0.05, 0) is 36.8 Å². The molecule has 122 valence electrons. The Morgan fingerprint density at radius 3 is 2.32 bits per heavy atom. The number of amides is 1. The van der Waals surface area contributed by atoms with E-state index >= 15 is 0 Å². The number of nitrogens with one attached hydrogen (secondary N) is 1. The van der Waals surface area contributed by atoms with Crippen molar-refractivity contribution in [3.63, 3.8) is 0 Å². The molecule has 1 amide bonds. The average Bonchev–Trinajstić information content (AvgIpc) is 2.40. The normalized spacial score (nSPS) is 13.7. The number of carbonyl (C=O) groups excluding carboxylic acids is 2. The number of carboxylic acid groups (broad SMARTS) is 1. The highest BCUT2D eigenvalue weighted by molar-refractivity contribution is 5.91. The number of benzene rings is 1. The van der Waals surface area contributed by atoms with Crippen molar-refractivity contribution in [1.29, 1.82) is 0 Å². The van der Waals surface area contributed by atoms with E-state index in [1.54, 1.807) is 6.92 Å². The molecular weight excluding hydrogens is 278 g/mol. The SMILES string of the molecule is Cc1ccccc1NC(=O)C[C@@H](C)[C@@H](CCC(C)C)C(=O)[O-]. The van der Waals surface area contributed by atoms with E-state index in [-0.39, 0.29) is 18.2 Å².